The number of nitrogen functional groups attached to an aromatic ring is 1. The second kappa shape index (κ2) is 5.59. The topological polar surface area (TPSA) is 55.1 Å². The Morgan fingerprint density at radius 1 is 1.32 bits per heavy atom. The van der Waals surface area contributed by atoms with E-state index in [0.717, 1.165) is 0 Å². The zero-order chi connectivity index (χ0) is 14.0. The summed E-state index contributed by atoms with van der Waals surface area (Å²) in [6.07, 6.45) is 0. The maximum absolute atomic E-state index is 13.3. The van der Waals surface area contributed by atoms with Gasteiger partial charge in [-0.2, -0.15) is 0 Å². The summed E-state index contributed by atoms with van der Waals surface area (Å²) in [5, 5.41) is 2.41. The molecule has 0 heterocycles. The van der Waals surface area contributed by atoms with E-state index in [2.05, 4.69) is 21.2 Å². The quantitative estimate of drug-likeness (QED) is 0.807. The van der Waals surface area contributed by atoms with Crippen LogP contribution in [0.15, 0.2) is 40.9 Å². The fourth-order valence-corrected chi connectivity index (χ4v) is 2.07. The van der Waals surface area contributed by atoms with Gasteiger partial charge in [0, 0.05) is 10.2 Å². The number of hydrogen-bond donors (Lipinski definition) is 2. The number of carbonyl (C=O) groups is 1. The molecule has 0 aliphatic rings. The Balaban J connectivity index is 2.31. The van der Waals surface area contributed by atoms with Crippen molar-refractivity contribution in [1.29, 1.82) is 0 Å². The van der Waals surface area contributed by atoms with Crippen molar-refractivity contribution < 1.29 is 9.18 Å². The predicted octanol–water partition coefficient (Wildman–Crippen LogP) is 4.08. The van der Waals surface area contributed by atoms with Gasteiger partial charge in [-0.3, -0.25) is 4.79 Å². The molecule has 1 amide bonds. The van der Waals surface area contributed by atoms with Crippen LogP contribution in [0.5, 0.6) is 0 Å². The highest BCUT2D eigenvalue weighted by atomic mass is 79.9. The average molecular weight is 344 g/mol. The van der Waals surface area contributed by atoms with Crippen molar-refractivity contribution in [3.05, 3.63) is 57.3 Å². The minimum atomic E-state index is -0.638. The first kappa shape index (κ1) is 13.8. The van der Waals surface area contributed by atoms with Gasteiger partial charge in [0.25, 0.3) is 5.91 Å². The summed E-state index contributed by atoms with van der Waals surface area (Å²) in [6.45, 7) is 0. The van der Waals surface area contributed by atoms with Gasteiger partial charge in [-0.15, -0.1) is 0 Å². The van der Waals surface area contributed by atoms with Crippen LogP contribution in [0.3, 0.4) is 0 Å². The number of anilines is 2. The Hall–Kier alpha value is -1.59. The predicted molar refractivity (Wildman–Crippen MR) is 77.9 cm³/mol. The minimum absolute atomic E-state index is 0.0657. The van der Waals surface area contributed by atoms with E-state index in [1.165, 1.54) is 18.2 Å². The van der Waals surface area contributed by atoms with E-state index >= 15 is 0 Å². The minimum Gasteiger partial charge on any atom is -0.399 e. The van der Waals surface area contributed by atoms with Gasteiger partial charge in [-0.1, -0.05) is 17.7 Å². The first-order chi connectivity index (χ1) is 8.99. The monoisotopic (exact) mass is 342 g/mol. The molecule has 2 aromatic carbocycles. The van der Waals surface area contributed by atoms with Crippen LogP contribution >= 0.6 is 27.5 Å². The van der Waals surface area contributed by atoms with Gasteiger partial charge in [0.1, 0.15) is 5.82 Å². The second-order valence-corrected chi connectivity index (χ2v) is 5.03. The first-order valence-corrected chi connectivity index (χ1v) is 6.46. The summed E-state index contributed by atoms with van der Waals surface area (Å²) < 4.78 is 13.9. The molecule has 0 radical (unpaired) electrons. The average Bonchev–Trinajstić information content (AvgIpc) is 2.37. The molecule has 0 saturated carbocycles. The van der Waals surface area contributed by atoms with Gasteiger partial charge in [0.2, 0.25) is 0 Å². The van der Waals surface area contributed by atoms with Crippen molar-refractivity contribution in [2.45, 2.75) is 0 Å². The first-order valence-electron chi connectivity index (χ1n) is 5.29. The number of amides is 1. The van der Waals surface area contributed by atoms with Crippen molar-refractivity contribution in [3.8, 4) is 0 Å². The van der Waals surface area contributed by atoms with Crippen LogP contribution in [0.4, 0.5) is 15.8 Å². The molecule has 0 aliphatic carbocycles. The second-order valence-electron chi connectivity index (χ2n) is 3.79. The van der Waals surface area contributed by atoms with E-state index in [4.69, 9.17) is 17.3 Å². The normalized spacial score (nSPS) is 10.3. The molecule has 0 fully saturated rings. The SMILES string of the molecule is Nc1ccc(Br)c(NC(=O)c2cccc(F)c2Cl)c1. The molecule has 3 nitrogen and oxygen atoms in total. The lowest BCUT2D eigenvalue weighted by Crippen LogP contribution is -2.13. The van der Waals surface area contributed by atoms with E-state index in [9.17, 15) is 9.18 Å². The van der Waals surface area contributed by atoms with Gasteiger partial charge in [0.05, 0.1) is 16.3 Å². The lowest BCUT2D eigenvalue weighted by Gasteiger charge is -2.09. The molecule has 0 unspecified atom stereocenters. The van der Waals surface area contributed by atoms with Crippen LogP contribution in [-0.4, -0.2) is 5.91 Å². The summed E-state index contributed by atoms with van der Waals surface area (Å²) >= 11 is 9.04. The maximum Gasteiger partial charge on any atom is 0.257 e. The molecule has 0 aliphatic heterocycles. The van der Waals surface area contributed by atoms with Crippen LogP contribution in [0.25, 0.3) is 0 Å². The molecular weight excluding hydrogens is 335 g/mol. The van der Waals surface area contributed by atoms with Gasteiger partial charge in [0.15, 0.2) is 0 Å². The van der Waals surface area contributed by atoms with Crippen LogP contribution in [0.2, 0.25) is 5.02 Å². The van der Waals surface area contributed by atoms with Crippen molar-refractivity contribution in [3.63, 3.8) is 0 Å². The molecule has 0 bridgehead atoms. The molecule has 6 heteroatoms. The van der Waals surface area contributed by atoms with Gasteiger partial charge in [-0.05, 0) is 46.3 Å². The molecule has 3 N–H and O–H groups in total. The van der Waals surface area contributed by atoms with Crippen molar-refractivity contribution in [1.82, 2.24) is 0 Å². The molecule has 2 rings (SSSR count). The number of benzene rings is 2. The Kier molecular flexibility index (Phi) is 4.07. The van der Waals surface area contributed by atoms with Crippen LogP contribution in [0.1, 0.15) is 10.4 Å². The summed E-state index contributed by atoms with van der Waals surface area (Å²) in [7, 11) is 0. The zero-order valence-electron chi connectivity index (χ0n) is 9.58. The molecule has 0 saturated heterocycles. The van der Waals surface area contributed by atoms with Crippen molar-refractivity contribution in [2.75, 3.05) is 11.1 Å². The Bertz CT molecular complexity index is 649. The molecule has 2 aromatic rings. The molecule has 0 spiro atoms. The van der Waals surface area contributed by atoms with E-state index < -0.39 is 11.7 Å². The molecule has 0 atom stereocenters. The van der Waals surface area contributed by atoms with Crippen molar-refractivity contribution >= 4 is 44.8 Å². The van der Waals surface area contributed by atoms with E-state index in [1.807, 2.05) is 0 Å². The fourth-order valence-electron chi connectivity index (χ4n) is 1.51. The standard InChI is InChI=1S/C13H9BrClFN2O/c14-9-5-4-7(17)6-11(9)18-13(19)8-2-1-3-10(16)12(8)15/h1-6H,17H2,(H,18,19). The van der Waals surface area contributed by atoms with Gasteiger partial charge < -0.3 is 11.1 Å². The Morgan fingerprint density at radius 3 is 2.79 bits per heavy atom. The number of halogens is 3. The van der Waals surface area contributed by atoms with Gasteiger partial charge >= 0.3 is 0 Å². The van der Waals surface area contributed by atoms with Crippen LogP contribution in [-0.2, 0) is 0 Å². The third-order valence-corrected chi connectivity index (χ3v) is 3.51. The van der Waals surface area contributed by atoms with Crippen LogP contribution < -0.4 is 11.1 Å². The summed E-state index contributed by atoms with van der Waals surface area (Å²) in [5.41, 5.74) is 6.70. The fraction of sp³-hybridized carbons (Fsp3) is 0. The summed E-state index contributed by atoms with van der Waals surface area (Å²) in [4.78, 5) is 12.0. The van der Waals surface area contributed by atoms with E-state index in [-0.39, 0.29) is 10.6 Å². The highest BCUT2D eigenvalue weighted by Gasteiger charge is 2.14. The third kappa shape index (κ3) is 3.05. The summed E-state index contributed by atoms with van der Waals surface area (Å²) in [5.74, 6) is -1.14. The largest absolute Gasteiger partial charge is 0.399 e. The Morgan fingerprint density at radius 2 is 2.05 bits per heavy atom. The number of rotatable bonds is 2. The highest BCUT2D eigenvalue weighted by Crippen LogP contribution is 2.26. The zero-order valence-corrected chi connectivity index (χ0v) is 11.9. The molecule has 98 valence electrons. The van der Waals surface area contributed by atoms with E-state index in [0.29, 0.717) is 15.8 Å². The number of carbonyl (C=O) groups excluding carboxylic acids is 1. The summed E-state index contributed by atoms with van der Waals surface area (Å²) in [6, 6.07) is 9.04. The molecule has 0 aromatic heterocycles. The number of hydrogen-bond acceptors (Lipinski definition) is 2. The molecular formula is C13H9BrClFN2O. The highest BCUT2D eigenvalue weighted by molar-refractivity contribution is 9.10. The lowest BCUT2D eigenvalue weighted by molar-refractivity contribution is 0.102. The number of nitrogens with two attached hydrogens (primary N) is 1. The smallest absolute Gasteiger partial charge is 0.257 e. The third-order valence-electron chi connectivity index (χ3n) is 2.43. The van der Waals surface area contributed by atoms with Crippen LogP contribution in [0, 0.1) is 5.82 Å². The lowest BCUT2D eigenvalue weighted by atomic mass is 10.2. The molecule has 19 heavy (non-hydrogen) atoms. The van der Waals surface area contributed by atoms with Crippen molar-refractivity contribution in [2.24, 2.45) is 0 Å². The Labute approximate surface area is 122 Å². The maximum atomic E-state index is 13.3. The van der Waals surface area contributed by atoms with Gasteiger partial charge in [-0.25, -0.2) is 4.39 Å². The number of nitrogens with one attached hydrogen (secondary N) is 1. The van der Waals surface area contributed by atoms with E-state index in [1.54, 1.807) is 18.2 Å².